The summed E-state index contributed by atoms with van der Waals surface area (Å²) in [5.41, 5.74) is 0.0244. The van der Waals surface area contributed by atoms with Crippen LogP contribution in [0.1, 0.15) is 24.8 Å². The minimum absolute atomic E-state index is 0.0921. The highest BCUT2D eigenvalue weighted by atomic mass is 19.1. The topological polar surface area (TPSA) is 67.8 Å². The SMILES string of the molecule is COc1ccc(F)c(CN2CCC[C@@]3(CCN(c4cc(OC)ncn4)C3)C2=O)c1. The van der Waals surface area contributed by atoms with Crippen LogP contribution in [0, 0.1) is 11.2 Å². The largest absolute Gasteiger partial charge is 0.497 e. The number of methoxy groups -OCH3 is 2. The van der Waals surface area contributed by atoms with Crippen molar-refractivity contribution in [1.29, 1.82) is 0 Å². The Balaban J connectivity index is 1.51. The number of carbonyl (C=O) groups excluding carboxylic acids is 1. The number of nitrogens with zero attached hydrogens (tertiary/aromatic N) is 4. The first kappa shape index (κ1) is 19.4. The van der Waals surface area contributed by atoms with Gasteiger partial charge >= 0.3 is 0 Å². The summed E-state index contributed by atoms with van der Waals surface area (Å²) in [6, 6.07) is 6.43. The van der Waals surface area contributed by atoms with E-state index in [0.29, 0.717) is 30.3 Å². The number of piperidine rings is 1. The molecule has 2 saturated heterocycles. The molecule has 2 aliphatic heterocycles. The summed E-state index contributed by atoms with van der Waals surface area (Å²) in [5.74, 6) is 1.62. The van der Waals surface area contributed by atoms with Crippen molar-refractivity contribution in [3.05, 3.63) is 42.0 Å². The van der Waals surface area contributed by atoms with Gasteiger partial charge in [0.1, 0.15) is 23.7 Å². The second-order valence-corrected chi connectivity index (χ2v) is 7.66. The van der Waals surface area contributed by atoms with Gasteiger partial charge < -0.3 is 19.3 Å². The fourth-order valence-electron chi connectivity index (χ4n) is 4.37. The van der Waals surface area contributed by atoms with Gasteiger partial charge in [-0.3, -0.25) is 4.79 Å². The van der Waals surface area contributed by atoms with Crippen LogP contribution in [0.25, 0.3) is 0 Å². The van der Waals surface area contributed by atoms with Crippen molar-refractivity contribution < 1.29 is 18.7 Å². The Labute approximate surface area is 169 Å². The minimum Gasteiger partial charge on any atom is -0.497 e. The van der Waals surface area contributed by atoms with Gasteiger partial charge in [0.05, 0.1) is 19.6 Å². The third kappa shape index (κ3) is 3.71. The first-order chi connectivity index (χ1) is 14.0. The van der Waals surface area contributed by atoms with Gasteiger partial charge in [-0.15, -0.1) is 0 Å². The molecule has 2 aliphatic rings. The first-order valence-corrected chi connectivity index (χ1v) is 9.77. The van der Waals surface area contributed by atoms with Gasteiger partial charge in [-0.2, -0.15) is 0 Å². The summed E-state index contributed by atoms with van der Waals surface area (Å²) in [7, 11) is 3.12. The zero-order valence-corrected chi connectivity index (χ0v) is 16.7. The predicted molar refractivity (Wildman–Crippen MR) is 105 cm³/mol. The lowest BCUT2D eigenvalue weighted by Gasteiger charge is -2.39. The quantitative estimate of drug-likeness (QED) is 0.769. The van der Waals surface area contributed by atoms with E-state index in [-0.39, 0.29) is 18.3 Å². The van der Waals surface area contributed by atoms with Crippen LogP contribution in [0.2, 0.25) is 0 Å². The number of likely N-dealkylation sites (tertiary alicyclic amines) is 1. The molecule has 0 N–H and O–H groups in total. The molecule has 0 saturated carbocycles. The van der Waals surface area contributed by atoms with Crippen molar-refractivity contribution in [3.8, 4) is 11.6 Å². The van der Waals surface area contributed by atoms with Crippen molar-refractivity contribution >= 4 is 11.7 Å². The molecule has 1 spiro atoms. The maximum atomic E-state index is 14.3. The predicted octanol–water partition coefficient (Wildman–Crippen LogP) is 2.65. The third-order valence-electron chi connectivity index (χ3n) is 5.95. The maximum absolute atomic E-state index is 14.3. The number of anilines is 1. The molecule has 1 aromatic heterocycles. The maximum Gasteiger partial charge on any atom is 0.230 e. The van der Waals surface area contributed by atoms with Gasteiger partial charge in [-0.05, 0) is 37.5 Å². The van der Waals surface area contributed by atoms with E-state index < -0.39 is 5.41 Å². The van der Waals surface area contributed by atoms with E-state index in [4.69, 9.17) is 9.47 Å². The molecule has 1 atom stereocenters. The van der Waals surface area contributed by atoms with Crippen LogP contribution in [0.5, 0.6) is 11.6 Å². The van der Waals surface area contributed by atoms with Crippen molar-refractivity contribution in [2.45, 2.75) is 25.8 Å². The average molecular weight is 400 g/mol. The standard InChI is InChI=1S/C21H25FN4O3/c1-28-16-4-5-17(22)15(10-16)12-25-8-3-6-21(20(25)27)7-9-26(13-21)18-11-19(29-2)24-14-23-18/h4-5,10-11,14H,3,6-9,12-13H2,1-2H3/t21-/m0/s1. The molecule has 7 nitrogen and oxygen atoms in total. The van der Waals surface area contributed by atoms with E-state index in [2.05, 4.69) is 14.9 Å². The van der Waals surface area contributed by atoms with Gasteiger partial charge in [-0.25, -0.2) is 14.4 Å². The van der Waals surface area contributed by atoms with Crippen LogP contribution < -0.4 is 14.4 Å². The Kier molecular flexibility index (Phi) is 5.25. The number of benzene rings is 1. The molecule has 154 valence electrons. The van der Waals surface area contributed by atoms with Crippen molar-refractivity contribution in [1.82, 2.24) is 14.9 Å². The molecule has 2 fully saturated rings. The van der Waals surface area contributed by atoms with Gasteiger partial charge in [0.2, 0.25) is 11.8 Å². The van der Waals surface area contributed by atoms with Crippen LogP contribution in [0.15, 0.2) is 30.6 Å². The second kappa shape index (κ2) is 7.85. The van der Waals surface area contributed by atoms with E-state index in [1.807, 2.05) is 0 Å². The number of amides is 1. The molecule has 4 rings (SSSR count). The van der Waals surface area contributed by atoms with Crippen molar-refractivity contribution in [2.24, 2.45) is 5.41 Å². The third-order valence-corrected chi connectivity index (χ3v) is 5.95. The van der Waals surface area contributed by atoms with Crippen molar-refractivity contribution in [3.63, 3.8) is 0 Å². The summed E-state index contributed by atoms with van der Waals surface area (Å²) in [6.07, 6.45) is 3.97. The number of aromatic nitrogens is 2. The van der Waals surface area contributed by atoms with E-state index in [1.165, 1.54) is 12.4 Å². The molecular weight excluding hydrogens is 375 g/mol. The molecule has 1 amide bonds. The lowest BCUT2D eigenvalue weighted by molar-refractivity contribution is -0.145. The summed E-state index contributed by atoms with van der Waals surface area (Å²) in [4.78, 5) is 25.7. The number of rotatable bonds is 5. The fourth-order valence-corrected chi connectivity index (χ4v) is 4.37. The number of hydrogen-bond donors (Lipinski definition) is 0. The van der Waals surface area contributed by atoms with Crippen LogP contribution in [-0.4, -0.2) is 54.6 Å². The minimum atomic E-state index is -0.453. The summed E-state index contributed by atoms with van der Waals surface area (Å²) >= 11 is 0. The number of hydrogen-bond acceptors (Lipinski definition) is 6. The normalized spacial score (nSPS) is 21.7. The molecule has 0 aliphatic carbocycles. The second-order valence-electron chi connectivity index (χ2n) is 7.66. The Morgan fingerprint density at radius 3 is 2.79 bits per heavy atom. The smallest absolute Gasteiger partial charge is 0.230 e. The molecule has 0 unspecified atom stereocenters. The van der Waals surface area contributed by atoms with E-state index in [0.717, 1.165) is 31.6 Å². The highest BCUT2D eigenvalue weighted by Gasteiger charge is 2.48. The van der Waals surface area contributed by atoms with Crippen molar-refractivity contribution in [2.75, 3.05) is 38.8 Å². The molecule has 3 heterocycles. The molecular formula is C21H25FN4O3. The Morgan fingerprint density at radius 2 is 2.00 bits per heavy atom. The lowest BCUT2D eigenvalue weighted by atomic mass is 9.78. The fraction of sp³-hybridized carbons (Fsp3) is 0.476. The Bertz CT molecular complexity index is 909. The summed E-state index contributed by atoms with van der Waals surface area (Å²) in [6.45, 7) is 2.24. The van der Waals surface area contributed by atoms with Crippen LogP contribution in [0.4, 0.5) is 10.2 Å². The molecule has 0 bridgehead atoms. The Morgan fingerprint density at radius 1 is 1.14 bits per heavy atom. The zero-order chi connectivity index (χ0) is 20.4. The van der Waals surface area contributed by atoms with Gasteiger partial charge in [0.25, 0.3) is 0 Å². The summed E-state index contributed by atoms with van der Waals surface area (Å²) < 4.78 is 24.7. The molecule has 1 aromatic carbocycles. The molecule has 29 heavy (non-hydrogen) atoms. The molecule has 8 heteroatoms. The van der Waals surface area contributed by atoms with Gasteiger partial charge in [0.15, 0.2) is 0 Å². The monoisotopic (exact) mass is 400 g/mol. The average Bonchev–Trinajstić information content (AvgIpc) is 3.18. The van der Waals surface area contributed by atoms with E-state index in [9.17, 15) is 9.18 Å². The summed E-state index contributed by atoms with van der Waals surface area (Å²) in [5, 5.41) is 0. The molecule has 0 radical (unpaired) electrons. The lowest BCUT2D eigenvalue weighted by Crippen LogP contribution is -2.49. The van der Waals surface area contributed by atoms with Gasteiger partial charge in [-0.1, -0.05) is 0 Å². The zero-order valence-electron chi connectivity index (χ0n) is 16.7. The van der Waals surface area contributed by atoms with Crippen LogP contribution >= 0.6 is 0 Å². The van der Waals surface area contributed by atoms with Crippen LogP contribution in [-0.2, 0) is 11.3 Å². The van der Waals surface area contributed by atoms with E-state index in [1.54, 1.807) is 37.3 Å². The van der Waals surface area contributed by atoms with Crippen LogP contribution in [0.3, 0.4) is 0 Å². The Hall–Kier alpha value is -2.90. The van der Waals surface area contributed by atoms with Gasteiger partial charge in [0, 0.05) is 37.8 Å². The highest BCUT2D eigenvalue weighted by Crippen LogP contribution is 2.42. The first-order valence-electron chi connectivity index (χ1n) is 9.77. The number of carbonyl (C=O) groups is 1. The van der Waals surface area contributed by atoms with E-state index >= 15 is 0 Å². The number of halogens is 1. The number of ether oxygens (including phenoxy) is 2. The molecule has 2 aromatic rings. The highest BCUT2D eigenvalue weighted by molar-refractivity contribution is 5.85.